The van der Waals surface area contributed by atoms with Gasteiger partial charge in [0.25, 0.3) is 5.91 Å². The number of fused-ring (bicyclic) bond motifs is 1. The lowest BCUT2D eigenvalue weighted by Gasteiger charge is -2.06. The minimum Gasteiger partial charge on any atom is -0.310 e. The molecule has 1 aromatic carbocycles. The number of amides is 1. The van der Waals surface area contributed by atoms with Crippen LogP contribution in [0.3, 0.4) is 0 Å². The molecule has 102 valence electrons. The summed E-state index contributed by atoms with van der Waals surface area (Å²) in [7, 11) is 0. The Hall–Kier alpha value is -1.66. The van der Waals surface area contributed by atoms with E-state index in [0.717, 1.165) is 21.4 Å². The van der Waals surface area contributed by atoms with Crippen molar-refractivity contribution >= 4 is 50.2 Å². The first-order chi connectivity index (χ1) is 9.69. The first-order valence-electron chi connectivity index (χ1n) is 6.19. The number of imidazole rings is 1. The highest BCUT2D eigenvalue weighted by atomic mass is 79.9. The van der Waals surface area contributed by atoms with Gasteiger partial charge in [0.05, 0.1) is 20.4 Å². The summed E-state index contributed by atoms with van der Waals surface area (Å²) in [6, 6.07) is 9.66. The van der Waals surface area contributed by atoms with E-state index in [2.05, 4.69) is 26.2 Å². The van der Waals surface area contributed by atoms with E-state index in [1.165, 1.54) is 11.3 Å². The number of hydrogen-bond donors (Lipinski definition) is 1. The van der Waals surface area contributed by atoms with Crippen molar-refractivity contribution in [3.8, 4) is 0 Å². The monoisotopic (exact) mass is 349 g/mol. The summed E-state index contributed by atoms with van der Waals surface area (Å²) in [5.41, 5.74) is 2.55. The van der Waals surface area contributed by atoms with Crippen LogP contribution in [-0.4, -0.2) is 15.5 Å². The van der Waals surface area contributed by atoms with Gasteiger partial charge in [-0.15, -0.1) is 11.3 Å². The number of hydrogen-bond acceptors (Lipinski definition) is 3. The molecule has 20 heavy (non-hydrogen) atoms. The molecule has 0 bridgehead atoms. The van der Waals surface area contributed by atoms with Gasteiger partial charge in [0.15, 0.2) is 0 Å². The Kier molecular flexibility index (Phi) is 3.58. The zero-order chi connectivity index (χ0) is 14.1. The molecule has 2 aromatic heterocycles. The number of carbonyl (C=O) groups excluding carboxylic acids is 1. The Morgan fingerprint density at radius 1 is 1.45 bits per heavy atom. The van der Waals surface area contributed by atoms with E-state index in [1.54, 1.807) is 6.07 Å². The van der Waals surface area contributed by atoms with Crippen molar-refractivity contribution in [3.63, 3.8) is 0 Å². The van der Waals surface area contributed by atoms with Crippen LogP contribution in [0, 0.1) is 0 Å². The van der Waals surface area contributed by atoms with Crippen LogP contribution in [-0.2, 0) is 6.54 Å². The molecule has 0 fully saturated rings. The van der Waals surface area contributed by atoms with Crippen molar-refractivity contribution in [1.82, 2.24) is 9.55 Å². The molecular formula is C14H12BrN3OS. The highest BCUT2D eigenvalue weighted by molar-refractivity contribution is 9.11. The Balaban J connectivity index is 1.96. The maximum Gasteiger partial charge on any atom is 0.258 e. The van der Waals surface area contributed by atoms with Gasteiger partial charge in [-0.2, -0.15) is 0 Å². The third-order valence-electron chi connectivity index (χ3n) is 3.03. The second-order valence-corrected chi connectivity index (χ2v) is 6.55. The number of carbonyl (C=O) groups is 1. The molecule has 6 heteroatoms. The molecule has 0 saturated carbocycles. The maximum atomic E-state index is 12.2. The lowest BCUT2D eigenvalue weighted by Crippen LogP contribution is -2.15. The summed E-state index contributed by atoms with van der Waals surface area (Å²) in [5.74, 6) is 0.443. The Labute approximate surface area is 128 Å². The van der Waals surface area contributed by atoms with E-state index < -0.39 is 0 Å². The molecule has 0 radical (unpaired) electrons. The molecule has 0 aliphatic rings. The number of thiophene rings is 1. The summed E-state index contributed by atoms with van der Waals surface area (Å²) < 4.78 is 2.93. The summed E-state index contributed by atoms with van der Waals surface area (Å²) in [6.45, 7) is 2.79. The molecule has 3 rings (SSSR count). The third kappa shape index (κ3) is 2.36. The average Bonchev–Trinajstić information content (AvgIpc) is 3.01. The highest BCUT2D eigenvalue weighted by Gasteiger charge is 2.14. The fourth-order valence-electron chi connectivity index (χ4n) is 2.09. The Bertz CT molecular complexity index is 778. The van der Waals surface area contributed by atoms with Gasteiger partial charge < -0.3 is 4.57 Å². The molecule has 0 saturated heterocycles. The average molecular weight is 350 g/mol. The van der Waals surface area contributed by atoms with E-state index in [9.17, 15) is 4.79 Å². The van der Waals surface area contributed by atoms with Gasteiger partial charge in [-0.25, -0.2) is 4.98 Å². The molecule has 4 nitrogen and oxygen atoms in total. The van der Waals surface area contributed by atoms with Gasteiger partial charge in [0, 0.05) is 11.9 Å². The molecule has 0 spiro atoms. The van der Waals surface area contributed by atoms with Gasteiger partial charge in [0.2, 0.25) is 5.95 Å². The number of benzene rings is 1. The van der Waals surface area contributed by atoms with E-state index >= 15 is 0 Å². The van der Waals surface area contributed by atoms with Crippen molar-refractivity contribution in [2.75, 3.05) is 5.32 Å². The van der Waals surface area contributed by atoms with Crippen LogP contribution in [0.1, 0.15) is 17.3 Å². The van der Waals surface area contributed by atoms with Crippen LogP contribution in [0.5, 0.6) is 0 Å². The number of aryl methyl sites for hydroxylation is 1. The van der Waals surface area contributed by atoms with E-state index in [0.29, 0.717) is 11.5 Å². The molecule has 0 aliphatic carbocycles. The molecule has 0 atom stereocenters. The van der Waals surface area contributed by atoms with E-state index in [1.807, 2.05) is 41.1 Å². The third-order valence-corrected chi connectivity index (χ3v) is 4.53. The van der Waals surface area contributed by atoms with Crippen LogP contribution >= 0.6 is 27.3 Å². The minimum absolute atomic E-state index is 0.142. The number of aromatic nitrogens is 2. The van der Waals surface area contributed by atoms with Crippen LogP contribution in [0.2, 0.25) is 0 Å². The summed E-state index contributed by atoms with van der Waals surface area (Å²) >= 11 is 4.85. The standard InChI is InChI=1S/C14H12BrN3OS/c1-2-18-11-6-4-3-5-10(11)16-14(18)17-13(19)9-7-12(15)20-8-9/h3-8H,2H2,1H3,(H,16,17,19). The predicted octanol–water partition coefficient (Wildman–Crippen LogP) is 4.13. The van der Waals surface area contributed by atoms with Gasteiger partial charge in [0.1, 0.15) is 0 Å². The lowest BCUT2D eigenvalue weighted by atomic mass is 10.3. The molecule has 1 amide bonds. The normalized spacial score (nSPS) is 10.9. The van der Waals surface area contributed by atoms with Crippen molar-refractivity contribution in [2.24, 2.45) is 0 Å². The fourth-order valence-corrected chi connectivity index (χ4v) is 3.23. The van der Waals surface area contributed by atoms with Gasteiger partial charge in [-0.1, -0.05) is 12.1 Å². The predicted molar refractivity (Wildman–Crippen MR) is 85.4 cm³/mol. The summed E-state index contributed by atoms with van der Waals surface area (Å²) in [5, 5.41) is 4.70. The zero-order valence-electron chi connectivity index (χ0n) is 10.8. The second kappa shape index (κ2) is 5.38. The molecule has 3 aromatic rings. The Morgan fingerprint density at radius 2 is 2.25 bits per heavy atom. The molecule has 0 unspecified atom stereocenters. The number of rotatable bonds is 3. The first-order valence-corrected chi connectivity index (χ1v) is 7.87. The topological polar surface area (TPSA) is 46.9 Å². The second-order valence-electron chi connectivity index (χ2n) is 4.26. The Morgan fingerprint density at radius 3 is 2.95 bits per heavy atom. The number of nitrogens with zero attached hydrogens (tertiary/aromatic N) is 2. The number of halogens is 1. The molecular weight excluding hydrogens is 338 g/mol. The quantitative estimate of drug-likeness (QED) is 0.772. The largest absolute Gasteiger partial charge is 0.310 e. The smallest absolute Gasteiger partial charge is 0.258 e. The number of anilines is 1. The molecule has 0 aliphatic heterocycles. The molecule has 2 heterocycles. The SMILES string of the molecule is CCn1c(NC(=O)c2csc(Br)c2)nc2ccccc21. The van der Waals surface area contributed by atoms with Crippen LogP contribution in [0.4, 0.5) is 5.95 Å². The minimum atomic E-state index is -0.142. The number of nitrogens with one attached hydrogen (secondary N) is 1. The van der Waals surface area contributed by atoms with Crippen molar-refractivity contribution < 1.29 is 4.79 Å². The highest BCUT2D eigenvalue weighted by Crippen LogP contribution is 2.23. The zero-order valence-corrected chi connectivity index (χ0v) is 13.2. The van der Waals surface area contributed by atoms with Crippen molar-refractivity contribution in [3.05, 3.63) is 45.1 Å². The summed E-state index contributed by atoms with van der Waals surface area (Å²) in [4.78, 5) is 16.7. The van der Waals surface area contributed by atoms with Crippen LogP contribution in [0.25, 0.3) is 11.0 Å². The van der Waals surface area contributed by atoms with Gasteiger partial charge in [-0.05, 0) is 41.1 Å². The van der Waals surface area contributed by atoms with Crippen molar-refractivity contribution in [1.29, 1.82) is 0 Å². The summed E-state index contributed by atoms with van der Waals surface area (Å²) in [6.07, 6.45) is 0. The van der Waals surface area contributed by atoms with E-state index in [4.69, 9.17) is 0 Å². The lowest BCUT2D eigenvalue weighted by molar-refractivity contribution is 0.102. The van der Waals surface area contributed by atoms with Crippen molar-refractivity contribution in [2.45, 2.75) is 13.5 Å². The van der Waals surface area contributed by atoms with Gasteiger partial charge in [-0.3, -0.25) is 10.1 Å². The van der Waals surface area contributed by atoms with Crippen LogP contribution < -0.4 is 5.32 Å². The first kappa shape index (κ1) is 13.3. The number of para-hydroxylation sites is 2. The van der Waals surface area contributed by atoms with E-state index in [-0.39, 0.29) is 5.91 Å². The van der Waals surface area contributed by atoms with Crippen LogP contribution in [0.15, 0.2) is 39.5 Å². The maximum absolute atomic E-state index is 12.2. The molecule has 1 N–H and O–H groups in total. The van der Waals surface area contributed by atoms with Gasteiger partial charge >= 0.3 is 0 Å². The fraction of sp³-hybridized carbons (Fsp3) is 0.143.